The second-order valence-corrected chi connectivity index (χ2v) is 7.14. The number of nitrogens with one attached hydrogen (secondary N) is 1. The van der Waals surface area contributed by atoms with Gasteiger partial charge in [-0.3, -0.25) is 0 Å². The van der Waals surface area contributed by atoms with Crippen molar-refractivity contribution in [3.8, 4) is 0 Å². The Bertz CT molecular complexity index is 226. The van der Waals surface area contributed by atoms with Gasteiger partial charge in [0.25, 0.3) is 0 Å². The maximum Gasteiger partial charge on any atom is 0.0824 e. The number of hydrogen-bond donors (Lipinski definition) is 1. The van der Waals surface area contributed by atoms with Gasteiger partial charge in [0.2, 0.25) is 0 Å². The van der Waals surface area contributed by atoms with E-state index >= 15 is 0 Å². The van der Waals surface area contributed by atoms with Crippen LogP contribution in [0.4, 0.5) is 0 Å². The van der Waals surface area contributed by atoms with Crippen LogP contribution >= 0.6 is 0 Å². The van der Waals surface area contributed by atoms with E-state index in [9.17, 15) is 0 Å². The Morgan fingerprint density at radius 2 is 1.47 bits per heavy atom. The smallest absolute Gasteiger partial charge is 0.0824 e. The molecule has 0 aromatic heterocycles. The first-order valence-electron chi connectivity index (χ1n) is 6.94. The lowest BCUT2D eigenvalue weighted by Gasteiger charge is -2.48. The number of fused-ring (bicyclic) bond motifs is 1. The van der Waals surface area contributed by atoms with Crippen molar-refractivity contribution in [2.24, 2.45) is 23.2 Å². The van der Waals surface area contributed by atoms with Crippen LogP contribution in [0.3, 0.4) is 0 Å². The molecule has 0 spiro atoms. The SMILES string of the molecule is C[NH+](C)CC12CC3C[C@@H](CC[C@@H](C3)C1)C2. The summed E-state index contributed by atoms with van der Waals surface area (Å²) < 4.78 is 0. The summed E-state index contributed by atoms with van der Waals surface area (Å²) in [5.74, 6) is 3.33. The molecule has 86 valence electrons. The van der Waals surface area contributed by atoms with Crippen molar-refractivity contribution in [1.82, 2.24) is 0 Å². The lowest BCUT2D eigenvalue weighted by atomic mass is 9.58. The molecule has 4 rings (SSSR count). The Hall–Kier alpha value is -0.0400. The molecule has 0 amide bonds. The highest BCUT2D eigenvalue weighted by Gasteiger charge is 2.49. The van der Waals surface area contributed by atoms with Gasteiger partial charge in [-0.25, -0.2) is 0 Å². The Morgan fingerprint density at radius 1 is 0.933 bits per heavy atom. The molecule has 0 saturated heterocycles. The Labute approximate surface area is 94.2 Å². The van der Waals surface area contributed by atoms with Crippen LogP contribution in [0.25, 0.3) is 0 Å². The van der Waals surface area contributed by atoms with Crippen LogP contribution in [-0.4, -0.2) is 20.6 Å². The number of rotatable bonds is 2. The van der Waals surface area contributed by atoms with E-state index in [0.717, 1.165) is 23.2 Å². The van der Waals surface area contributed by atoms with Gasteiger partial charge in [-0.1, -0.05) is 12.8 Å². The van der Waals surface area contributed by atoms with Crippen molar-refractivity contribution >= 4 is 0 Å². The maximum absolute atomic E-state index is 2.34. The second-order valence-electron chi connectivity index (χ2n) is 7.14. The molecule has 1 N–H and O–H groups in total. The fraction of sp³-hybridized carbons (Fsp3) is 1.00. The number of quaternary nitrogens is 1. The highest BCUT2D eigenvalue weighted by Crippen LogP contribution is 2.57. The first-order chi connectivity index (χ1) is 7.15. The zero-order valence-corrected chi connectivity index (χ0v) is 10.4. The van der Waals surface area contributed by atoms with Crippen molar-refractivity contribution in [2.45, 2.75) is 44.9 Å². The molecule has 1 nitrogen and oxygen atoms in total. The molecule has 4 aliphatic carbocycles. The van der Waals surface area contributed by atoms with Crippen LogP contribution in [0.1, 0.15) is 44.9 Å². The van der Waals surface area contributed by atoms with Gasteiger partial charge < -0.3 is 4.90 Å². The monoisotopic (exact) mass is 208 g/mol. The van der Waals surface area contributed by atoms with Gasteiger partial charge in [0.1, 0.15) is 0 Å². The van der Waals surface area contributed by atoms with E-state index in [0.29, 0.717) is 0 Å². The molecule has 4 saturated carbocycles. The van der Waals surface area contributed by atoms with Crippen LogP contribution in [0.15, 0.2) is 0 Å². The lowest BCUT2D eigenvalue weighted by molar-refractivity contribution is -0.866. The third-order valence-electron chi connectivity index (χ3n) is 5.21. The van der Waals surface area contributed by atoms with Crippen molar-refractivity contribution in [3.63, 3.8) is 0 Å². The van der Waals surface area contributed by atoms with Crippen LogP contribution in [0.2, 0.25) is 0 Å². The third kappa shape index (κ3) is 1.84. The standard InChI is InChI=1S/C14H25N/c1-15(2)10-14-7-11-3-4-12(8-14)6-13(5-11)9-14/h11-13H,3-10H2,1-2H3/p+1/t11-,12+,13?,14?. The first-order valence-corrected chi connectivity index (χ1v) is 6.94. The second kappa shape index (κ2) is 3.48. The summed E-state index contributed by atoms with van der Waals surface area (Å²) in [5, 5.41) is 0. The summed E-state index contributed by atoms with van der Waals surface area (Å²) in [7, 11) is 4.68. The third-order valence-corrected chi connectivity index (χ3v) is 5.21. The van der Waals surface area contributed by atoms with Gasteiger partial charge in [-0.2, -0.15) is 0 Å². The van der Waals surface area contributed by atoms with E-state index in [1.165, 1.54) is 6.54 Å². The van der Waals surface area contributed by atoms with E-state index in [2.05, 4.69) is 14.1 Å². The topological polar surface area (TPSA) is 4.44 Å². The summed E-state index contributed by atoms with van der Waals surface area (Å²) in [6.45, 7) is 1.44. The van der Waals surface area contributed by atoms with Gasteiger partial charge >= 0.3 is 0 Å². The van der Waals surface area contributed by atoms with Crippen molar-refractivity contribution in [2.75, 3.05) is 20.6 Å². The fourth-order valence-corrected chi connectivity index (χ4v) is 5.34. The average molecular weight is 208 g/mol. The van der Waals surface area contributed by atoms with Gasteiger partial charge in [0.15, 0.2) is 0 Å². The lowest BCUT2D eigenvalue weighted by Crippen LogP contribution is -3.07. The molecule has 4 aliphatic rings. The predicted octanol–water partition coefficient (Wildman–Crippen LogP) is 1.74. The van der Waals surface area contributed by atoms with Crippen LogP contribution in [0.5, 0.6) is 0 Å². The minimum absolute atomic E-state index is 0.770. The largest absolute Gasteiger partial charge is 0.339 e. The minimum Gasteiger partial charge on any atom is -0.339 e. The normalized spacial score (nSPS) is 48.6. The zero-order valence-electron chi connectivity index (χ0n) is 10.4. The van der Waals surface area contributed by atoms with E-state index < -0.39 is 0 Å². The van der Waals surface area contributed by atoms with Gasteiger partial charge in [0.05, 0.1) is 20.6 Å². The number of hydrogen-bond acceptors (Lipinski definition) is 0. The maximum atomic E-state index is 2.34. The molecule has 4 fully saturated rings. The molecule has 0 heterocycles. The summed E-state index contributed by atoms with van der Waals surface area (Å²) in [6, 6.07) is 0. The fourth-order valence-electron chi connectivity index (χ4n) is 5.34. The minimum atomic E-state index is 0.770. The summed E-state index contributed by atoms with van der Waals surface area (Å²) in [5.41, 5.74) is 0.770. The van der Waals surface area contributed by atoms with Gasteiger partial charge in [-0.05, 0) is 49.9 Å². The average Bonchev–Trinajstić information content (AvgIpc) is 2.29. The molecule has 4 bridgehead atoms. The van der Waals surface area contributed by atoms with Crippen molar-refractivity contribution in [1.29, 1.82) is 0 Å². The van der Waals surface area contributed by atoms with Crippen LogP contribution in [0, 0.1) is 23.2 Å². The molecule has 0 aliphatic heterocycles. The summed E-state index contributed by atoms with van der Waals surface area (Å²) in [4.78, 5) is 1.68. The molecular weight excluding hydrogens is 182 g/mol. The van der Waals surface area contributed by atoms with E-state index in [1.807, 2.05) is 0 Å². The molecule has 4 atom stereocenters. The molecule has 15 heavy (non-hydrogen) atoms. The highest BCUT2D eigenvalue weighted by molar-refractivity contribution is 4.98. The van der Waals surface area contributed by atoms with Crippen LogP contribution < -0.4 is 4.90 Å². The van der Waals surface area contributed by atoms with Crippen LogP contribution in [-0.2, 0) is 0 Å². The quantitative estimate of drug-likeness (QED) is 0.705. The van der Waals surface area contributed by atoms with Gasteiger partial charge in [0, 0.05) is 5.41 Å². The molecule has 2 unspecified atom stereocenters. The van der Waals surface area contributed by atoms with E-state index in [-0.39, 0.29) is 0 Å². The predicted molar refractivity (Wildman–Crippen MR) is 62.9 cm³/mol. The van der Waals surface area contributed by atoms with Gasteiger partial charge in [-0.15, -0.1) is 0 Å². The highest BCUT2D eigenvalue weighted by atomic mass is 15.1. The molecule has 0 radical (unpaired) electrons. The van der Waals surface area contributed by atoms with E-state index in [1.54, 1.807) is 49.8 Å². The molecular formula is C14H26N+. The molecule has 0 aromatic carbocycles. The summed E-state index contributed by atoms with van der Waals surface area (Å²) in [6.07, 6.45) is 11.0. The molecule has 1 heteroatoms. The zero-order chi connectivity index (χ0) is 10.5. The van der Waals surface area contributed by atoms with Crippen molar-refractivity contribution < 1.29 is 4.90 Å². The summed E-state index contributed by atoms with van der Waals surface area (Å²) >= 11 is 0. The Kier molecular flexibility index (Phi) is 2.35. The first kappa shape index (κ1) is 10.1. The van der Waals surface area contributed by atoms with Crippen molar-refractivity contribution in [3.05, 3.63) is 0 Å². The Morgan fingerprint density at radius 3 is 2.00 bits per heavy atom. The Balaban J connectivity index is 1.84. The van der Waals surface area contributed by atoms with E-state index in [4.69, 9.17) is 0 Å². The molecule has 0 aromatic rings.